The molecular weight excluding hydrogens is 304 g/mol. The number of sulfonamides is 1. The van der Waals surface area contributed by atoms with Crippen LogP contribution in [0.25, 0.3) is 0 Å². The van der Waals surface area contributed by atoms with Gasteiger partial charge in [-0.1, -0.05) is 0 Å². The Morgan fingerprint density at radius 2 is 1.95 bits per heavy atom. The number of hydrogen-bond acceptors (Lipinski definition) is 5. The molecule has 0 saturated heterocycles. The van der Waals surface area contributed by atoms with Crippen molar-refractivity contribution in [1.29, 1.82) is 0 Å². The fraction of sp³-hybridized carbons (Fsp3) is 0.455. The summed E-state index contributed by atoms with van der Waals surface area (Å²) in [6.07, 6.45) is 0. The molecule has 9 heteroatoms. The maximum Gasteiger partial charge on any atom is 0.346 e. The number of nitrogens with zero attached hydrogens (tertiary/aromatic N) is 1. The number of aromatic carboxylic acids is 1. The van der Waals surface area contributed by atoms with Crippen molar-refractivity contribution >= 4 is 33.2 Å². The number of likely N-dealkylation sites (N-methyl/N-ethyl adjacent to an activating group) is 1. The molecule has 0 radical (unpaired) electrons. The number of carbonyl (C=O) groups is 2. The molecule has 1 aromatic heterocycles. The normalized spacial score (nSPS) is 13.0. The standard InChI is InChI=1S/C11H16N2O5S2/c1-6-5-8(19-9(6)11(15)16)20(17,18)12-7(2)10(14)13(3)4/h5,7,12H,1-4H3,(H,15,16). The minimum atomic E-state index is -3.92. The molecule has 1 amide bonds. The first kappa shape index (κ1) is 16.6. The Bertz CT molecular complexity index is 633. The van der Waals surface area contributed by atoms with E-state index in [0.717, 1.165) is 0 Å². The molecule has 0 spiro atoms. The molecule has 112 valence electrons. The van der Waals surface area contributed by atoms with Gasteiger partial charge in [-0.05, 0) is 25.5 Å². The Kier molecular flexibility index (Phi) is 4.90. The van der Waals surface area contributed by atoms with Crippen LogP contribution < -0.4 is 4.72 Å². The van der Waals surface area contributed by atoms with E-state index in [9.17, 15) is 18.0 Å². The van der Waals surface area contributed by atoms with Crippen molar-refractivity contribution in [1.82, 2.24) is 9.62 Å². The molecule has 7 nitrogen and oxygen atoms in total. The van der Waals surface area contributed by atoms with Crippen molar-refractivity contribution in [3.8, 4) is 0 Å². The van der Waals surface area contributed by atoms with Crippen LogP contribution in [0, 0.1) is 6.92 Å². The number of thiophene rings is 1. The van der Waals surface area contributed by atoms with Crippen LogP contribution in [-0.4, -0.2) is 50.4 Å². The molecule has 20 heavy (non-hydrogen) atoms. The van der Waals surface area contributed by atoms with Gasteiger partial charge in [-0.3, -0.25) is 4.79 Å². The van der Waals surface area contributed by atoms with Gasteiger partial charge in [-0.2, -0.15) is 4.72 Å². The third-order valence-electron chi connectivity index (χ3n) is 2.50. The molecule has 1 heterocycles. The van der Waals surface area contributed by atoms with Crippen LogP contribution in [-0.2, 0) is 14.8 Å². The first-order valence-electron chi connectivity index (χ1n) is 5.63. The molecule has 0 saturated carbocycles. The Balaban J connectivity index is 3.03. The zero-order valence-corrected chi connectivity index (χ0v) is 13.1. The molecule has 0 fully saturated rings. The van der Waals surface area contributed by atoms with E-state index in [0.29, 0.717) is 16.9 Å². The summed E-state index contributed by atoms with van der Waals surface area (Å²) in [5, 5.41) is 8.92. The second kappa shape index (κ2) is 5.90. The molecule has 0 aliphatic carbocycles. The predicted molar refractivity (Wildman–Crippen MR) is 74.5 cm³/mol. The van der Waals surface area contributed by atoms with E-state index < -0.39 is 22.0 Å². The summed E-state index contributed by atoms with van der Waals surface area (Å²) < 4.78 is 26.3. The second-order valence-electron chi connectivity index (χ2n) is 4.46. The average molecular weight is 320 g/mol. The average Bonchev–Trinajstić information content (AvgIpc) is 2.70. The lowest BCUT2D eigenvalue weighted by Gasteiger charge is -2.17. The third kappa shape index (κ3) is 3.56. The Morgan fingerprint density at radius 3 is 2.35 bits per heavy atom. The fourth-order valence-electron chi connectivity index (χ4n) is 1.53. The lowest BCUT2D eigenvalue weighted by Crippen LogP contribution is -2.43. The quantitative estimate of drug-likeness (QED) is 0.822. The lowest BCUT2D eigenvalue weighted by molar-refractivity contribution is -0.130. The zero-order chi connectivity index (χ0) is 15.7. The number of carboxylic acid groups (broad SMARTS) is 1. The van der Waals surface area contributed by atoms with E-state index in [1.165, 1.54) is 38.9 Å². The summed E-state index contributed by atoms with van der Waals surface area (Å²) >= 11 is 0.662. The van der Waals surface area contributed by atoms with Crippen molar-refractivity contribution < 1.29 is 23.1 Å². The van der Waals surface area contributed by atoms with Crippen molar-refractivity contribution in [3.05, 3.63) is 16.5 Å². The third-order valence-corrected chi connectivity index (χ3v) is 5.74. The van der Waals surface area contributed by atoms with Gasteiger partial charge in [0.1, 0.15) is 9.09 Å². The molecule has 1 rings (SSSR count). The highest BCUT2D eigenvalue weighted by molar-refractivity contribution is 7.91. The Labute approximate surface area is 121 Å². The van der Waals surface area contributed by atoms with E-state index in [2.05, 4.69) is 4.72 Å². The first-order valence-corrected chi connectivity index (χ1v) is 7.93. The highest BCUT2D eigenvalue weighted by Gasteiger charge is 2.26. The molecular formula is C11H16N2O5S2. The van der Waals surface area contributed by atoms with Crippen molar-refractivity contribution in [3.63, 3.8) is 0 Å². The highest BCUT2D eigenvalue weighted by Crippen LogP contribution is 2.26. The summed E-state index contributed by atoms with van der Waals surface area (Å²) in [6.45, 7) is 2.95. The van der Waals surface area contributed by atoms with Gasteiger partial charge in [-0.25, -0.2) is 13.2 Å². The minimum absolute atomic E-state index is 0.0306. The van der Waals surface area contributed by atoms with Crippen LogP contribution in [0.2, 0.25) is 0 Å². The van der Waals surface area contributed by atoms with Crippen LogP contribution in [0.4, 0.5) is 0 Å². The Hall–Kier alpha value is -1.45. The maximum atomic E-state index is 12.1. The van der Waals surface area contributed by atoms with E-state index >= 15 is 0 Å². The van der Waals surface area contributed by atoms with Gasteiger partial charge >= 0.3 is 5.97 Å². The minimum Gasteiger partial charge on any atom is -0.477 e. The van der Waals surface area contributed by atoms with Crippen molar-refractivity contribution in [2.75, 3.05) is 14.1 Å². The largest absolute Gasteiger partial charge is 0.477 e. The van der Waals surface area contributed by atoms with Gasteiger partial charge in [0.05, 0.1) is 6.04 Å². The second-order valence-corrected chi connectivity index (χ2v) is 7.45. The van der Waals surface area contributed by atoms with E-state index in [1.54, 1.807) is 0 Å². The van der Waals surface area contributed by atoms with E-state index in [-0.39, 0.29) is 15.0 Å². The SMILES string of the molecule is Cc1cc(S(=O)(=O)NC(C)C(=O)N(C)C)sc1C(=O)O. The number of amides is 1. The molecule has 1 atom stereocenters. The van der Waals surface area contributed by atoms with Crippen LogP contribution in [0.5, 0.6) is 0 Å². The molecule has 2 N–H and O–H groups in total. The number of carboxylic acids is 1. The van der Waals surface area contributed by atoms with Gasteiger partial charge in [-0.15, -0.1) is 11.3 Å². The number of carbonyl (C=O) groups excluding carboxylic acids is 1. The van der Waals surface area contributed by atoms with Gasteiger partial charge in [0.2, 0.25) is 5.91 Å². The van der Waals surface area contributed by atoms with Gasteiger partial charge in [0, 0.05) is 14.1 Å². The molecule has 0 bridgehead atoms. The number of hydrogen-bond donors (Lipinski definition) is 2. The maximum absolute atomic E-state index is 12.1. The van der Waals surface area contributed by atoms with Crippen LogP contribution in [0.15, 0.2) is 10.3 Å². The summed E-state index contributed by atoms with van der Waals surface area (Å²) in [4.78, 5) is 23.8. The summed E-state index contributed by atoms with van der Waals surface area (Å²) in [5.74, 6) is -1.56. The van der Waals surface area contributed by atoms with Crippen LogP contribution in [0.1, 0.15) is 22.2 Å². The molecule has 0 aliphatic heterocycles. The van der Waals surface area contributed by atoms with Gasteiger partial charge in [0.25, 0.3) is 10.0 Å². The van der Waals surface area contributed by atoms with Gasteiger partial charge < -0.3 is 10.0 Å². The molecule has 0 aromatic carbocycles. The van der Waals surface area contributed by atoms with Gasteiger partial charge in [0.15, 0.2) is 0 Å². The monoisotopic (exact) mass is 320 g/mol. The molecule has 0 aliphatic rings. The predicted octanol–water partition coefficient (Wildman–Crippen LogP) is 0.510. The van der Waals surface area contributed by atoms with Crippen LogP contribution in [0.3, 0.4) is 0 Å². The lowest BCUT2D eigenvalue weighted by atomic mass is 10.3. The molecule has 1 aromatic rings. The first-order chi connectivity index (χ1) is 9.06. The number of nitrogens with one attached hydrogen (secondary N) is 1. The topological polar surface area (TPSA) is 104 Å². The highest BCUT2D eigenvalue weighted by atomic mass is 32.2. The smallest absolute Gasteiger partial charge is 0.346 e. The van der Waals surface area contributed by atoms with Crippen molar-refractivity contribution in [2.45, 2.75) is 24.1 Å². The number of rotatable bonds is 5. The summed E-state index contributed by atoms with van der Waals surface area (Å²) in [5.41, 5.74) is 0.370. The molecule has 1 unspecified atom stereocenters. The van der Waals surface area contributed by atoms with Crippen molar-refractivity contribution in [2.24, 2.45) is 0 Å². The summed E-state index contributed by atoms with van der Waals surface area (Å²) in [6, 6.07) is 0.356. The van der Waals surface area contributed by atoms with E-state index in [1.807, 2.05) is 0 Å². The zero-order valence-electron chi connectivity index (χ0n) is 11.5. The van der Waals surface area contributed by atoms with Crippen LogP contribution >= 0.6 is 11.3 Å². The Morgan fingerprint density at radius 1 is 1.40 bits per heavy atom. The van der Waals surface area contributed by atoms with E-state index in [4.69, 9.17) is 5.11 Å². The number of aryl methyl sites for hydroxylation is 1. The fourth-order valence-corrected chi connectivity index (χ4v) is 4.12. The summed E-state index contributed by atoms with van der Waals surface area (Å²) in [7, 11) is -0.878.